The molecule has 0 aliphatic carbocycles. The van der Waals surface area contributed by atoms with Crippen LogP contribution in [0.25, 0.3) is 6.08 Å². The molecule has 25 heavy (non-hydrogen) atoms. The molecule has 2 rings (SSSR count). The van der Waals surface area contributed by atoms with E-state index in [9.17, 15) is 4.79 Å². The van der Waals surface area contributed by atoms with E-state index in [2.05, 4.69) is 4.99 Å². The van der Waals surface area contributed by atoms with Crippen LogP contribution in [0.2, 0.25) is 0 Å². The number of hydrogen-bond donors (Lipinski definition) is 1. The van der Waals surface area contributed by atoms with E-state index in [4.69, 9.17) is 10.5 Å². The van der Waals surface area contributed by atoms with Crippen LogP contribution in [0, 0.1) is 0 Å². The minimum atomic E-state index is -0.691. The fraction of sp³-hybridized carbons (Fsp3) is 0.238. The van der Waals surface area contributed by atoms with E-state index in [1.165, 1.54) is 0 Å². The first-order valence-corrected chi connectivity index (χ1v) is 8.45. The minimum Gasteiger partial charge on any atom is -0.464 e. The number of hydrogen-bond acceptors (Lipinski definition) is 4. The Morgan fingerprint density at radius 1 is 1.08 bits per heavy atom. The van der Waals surface area contributed by atoms with Gasteiger partial charge in [0.25, 0.3) is 0 Å². The van der Waals surface area contributed by atoms with E-state index < -0.39 is 6.04 Å². The van der Waals surface area contributed by atoms with Gasteiger partial charge in [0.05, 0.1) is 6.61 Å². The Morgan fingerprint density at radius 2 is 1.68 bits per heavy atom. The molecule has 0 saturated heterocycles. The number of carbonyl (C=O) groups excluding carboxylic acids is 1. The van der Waals surface area contributed by atoms with E-state index in [1.807, 2.05) is 66.7 Å². The molecule has 0 aromatic heterocycles. The van der Waals surface area contributed by atoms with E-state index in [-0.39, 0.29) is 5.97 Å². The van der Waals surface area contributed by atoms with E-state index >= 15 is 0 Å². The fourth-order valence-corrected chi connectivity index (χ4v) is 2.45. The number of esters is 1. The summed E-state index contributed by atoms with van der Waals surface area (Å²) in [6.45, 7) is 2.55. The zero-order chi connectivity index (χ0) is 17.9. The Balaban J connectivity index is 2.34. The first-order chi connectivity index (χ1) is 12.2. The highest BCUT2D eigenvalue weighted by Gasteiger charge is 2.22. The lowest BCUT2D eigenvalue weighted by molar-refractivity contribution is -0.143. The fourth-order valence-electron chi connectivity index (χ4n) is 2.45. The second-order valence-corrected chi connectivity index (χ2v) is 5.51. The lowest BCUT2D eigenvalue weighted by Crippen LogP contribution is -2.25. The second-order valence-electron chi connectivity index (χ2n) is 5.51. The molecule has 0 aliphatic heterocycles. The summed E-state index contributed by atoms with van der Waals surface area (Å²) in [5.74, 6) is -0.356. The molecule has 4 heteroatoms. The van der Waals surface area contributed by atoms with Crippen molar-refractivity contribution in [3.63, 3.8) is 0 Å². The molecule has 130 valence electrons. The monoisotopic (exact) mass is 336 g/mol. The van der Waals surface area contributed by atoms with Gasteiger partial charge in [-0.15, -0.1) is 0 Å². The summed E-state index contributed by atoms with van der Waals surface area (Å²) in [6.07, 6.45) is 4.25. The van der Waals surface area contributed by atoms with Crippen LogP contribution < -0.4 is 5.73 Å². The Bertz CT molecular complexity index is 709. The average Bonchev–Trinajstić information content (AvgIpc) is 2.64. The summed E-state index contributed by atoms with van der Waals surface area (Å²) in [6, 6.07) is 18.8. The van der Waals surface area contributed by atoms with Crippen LogP contribution in [0.5, 0.6) is 0 Å². The van der Waals surface area contributed by atoms with Gasteiger partial charge in [-0.25, -0.2) is 4.79 Å². The molecular formula is C21H24N2O2. The lowest BCUT2D eigenvalue weighted by Gasteiger charge is -2.15. The molecule has 2 aromatic carbocycles. The maximum Gasteiger partial charge on any atom is 0.335 e. The first-order valence-electron chi connectivity index (χ1n) is 8.45. The lowest BCUT2D eigenvalue weighted by atomic mass is 10.0. The standard InChI is InChI=1S/C21H24N2O2/c1-2-25-21(24)20(23-16-18-11-7-4-8-12-18)19(13-14-22)15-17-9-5-3-6-10-17/h3-12,15-16,20H,2,13-14,22H2,1H3/t20-/m0/s1. The van der Waals surface area contributed by atoms with Gasteiger partial charge in [-0.1, -0.05) is 66.7 Å². The smallest absolute Gasteiger partial charge is 0.335 e. The molecule has 0 radical (unpaired) electrons. The predicted octanol–water partition coefficient (Wildman–Crippen LogP) is 3.47. The van der Waals surface area contributed by atoms with Crippen LogP contribution in [0.1, 0.15) is 24.5 Å². The second kappa shape index (κ2) is 10.2. The number of carbonyl (C=O) groups is 1. The van der Waals surface area contributed by atoms with Crippen LogP contribution in [-0.4, -0.2) is 31.4 Å². The largest absolute Gasteiger partial charge is 0.464 e. The molecule has 0 unspecified atom stereocenters. The molecule has 0 fully saturated rings. The summed E-state index contributed by atoms with van der Waals surface area (Å²) < 4.78 is 5.22. The Morgan fingerprint density at radius 3 is 2.24 bits per heavy atom. The molecule has 0 spiro atoms. The van der Waals surface area contributed by atoms with Gasteiger partial charge in [0.15, 0.2) is 6.04 Å². The van der Waals surface area contributed by atoms with Gasteiger partial charge >= 0.3 is 5.97 Å². The first kappa shape index (κ1) is 18.6. The zero-order valence-electron chi connectivity index (χ0n) is 14.5. The number of nitrogens with zero attached hydrogens (tertiary/aromatic N) is 1. The van der Waals surface area contributed by atoms with Crippen LogP contribution in [0.4, 0.5) is 0 Å². The molecule has 0 aliphatic rings. The Kier molecular flexibility index (Phi) is 7.60. The van der Waals surface area contributed by atoms with Crippen molar-refractivity contribution in [1.82, 2.24) is 0 Å². The molecule has 0 bridgehead atoms. The van der Waals surface area contributed by atoms with E-state index in [0.717, 1.165) is 16.7 Å². The molecule has 2 aromatic rings. The topological polar surface area (TPSA) is 64.7 Å². The SMILES string of the molecule is CCOC(=O)[C@@H](N=Cc1ccccc1)C(=Cc1ccccc1)CCN. The maximum atomic E-state index is 12.5. The number of rotatable bonds is 8. The van der Waals surface area contributed by atoms with Crippen LogP contribution >= 0.6 is 0 Å². The highest BCUT2D eigenvalue weighted by Crippen LogP contribution is 2.18. The van der Waals surface area contributed by atoms with E-state index in [1.54, 1.807) is 13.1 Å². The normalized spacial score (nSPS) is 13.0. The number of ether oxygens (including phenoxy) is 1. The highest BCUT2D eigenvalue weighted by molar-refractivity contribution is 5.87. The van der Waals surface area contributed by atoms with Gasteiger partial charge in [-0.2, -0.15) is 0 Å². The van der Waals surface area contributed by atoms with Crippen molar-refractivity contribution in [2.75, 3.05) is 13.2 Å². The summed E-state index contributed by atoms with van der Waals surface area (Å²) in [4.78, 5) is 17.0. The summed E-state index contributed by atoms with van der Waals surface area (Å²) in [5, 5.41) is 0. The Hall–Kier alpha value is -2.72. The quantitative estimate of drug-likeness (QED) is 0.593. The van der Waals surface area contributed by atoms with Gasteiger partial charge in [0.1, 0.15) is 0 Å². The van der Waals surface area contributed by atoms with Crippen molar-refractivity contribution >= 4 is 18.3 Å². The maximum absolute atomic E-state index is 12.5. The summed E-state index contributed by atoms with van der Waals surface area (Å²) in [7, 11) is 0. The van der Waals surface area contributed by atoms with Crippen molar-refractivity contribution in [2.45, 2.75) is 19.4 Å². The summed E-state index contributed by atoms with van der Waals surface area (Å²) in [5.41, 5.74) is 8.55. The van der Waals surface area contributed by atoms with Crippen molar-refractivity contribution in [3.05, 3.63) is 77.4 Å². The van der Waals surface area contributed by atoms with Crippen LogP contribution in [-0.2, 0) is 9.53 Å². The van der Waals surface area contributed by atoms with Gasteiger partial charge in [-0.05, 0) is 36.6 Å². The number of aliphatic imine (C=N–C) groups is 1. The van der Waals surface area contributed by atoms with Crippen LogP contribution in [0.15, 0.2) is 71.2 Å². The average molecular weight is 336 g/mol. The Labute approximate surface area is 149 Å². The van der Waals surface area contributed by atoms with Crippen molar-refractivity contribution in [3.8, 4) is 0 Å². The number of nitrogens with two attached hydrogens (primary N) is 1. The van der Waals surface area contributed by atoms with Gasteiger partial charge in [0, 0.05) is 6.21 Å². The van der Waals surface area contributed by atoms with Crippen LogP contribution in [0.3, 0.4) is 0 Å². The molecule has 2 N–H and O–H groups in total. The molecule has 0 heterocycles. The molecule has 0 amide bonds. The predicted molar refractivity (Wildman–Crippen MR) is 103 cm³/mol. The molecular weight excluding hydrogens is 312 g/mol. The third-order valence-corrected chi connectivity index (χ3v) is 3.62. The third-order valence-electron chi connectivity index (χ3n) is 3.62. The zero-order valence-corrected chi connectivity index (χ0v) is 14.5. The number of benzene rings is 2. The highest BCUT2D eigenvalue weighted by atomic mass is 16.5. The van der Waals surface area contributed by atoms with Gasteiger partial charge < -0.3 is 10.5 Å². The van der Waals surface area contributed by atoms with E-state index in [0.29, 0.717) is 19.6 Å². The van der Waals surface area contributed by atoms with Crippen molar-refractivity contribution in [2.24, 2.45) is 10.7 Å². The summed E-state index contributed by atoms with van der Waals surface area (Å²) >= 11 is 0. The third kappa shape index (κ3) is 6.01. The van der Waals surface area contributed by atoms with Gasteiger partial charge in [-0.3, -0.25) is 4.99 Å². The molecule has 0 saturated carbocycles. The minimum absolute atomic E-state index is 0.317. The van der Waals surface area contributed by atoms with Crippen molar-refractivity contribution < 1.29 is 9.53 Å². The molecule has 4 nitrogen and oxygen atoms in total. The van der Waals surface area contributed by atoms with Gasteiger partial charge in [0.2, 0.25) is 0 Å². The molecule has 1 atom stereocenters. The van der Waals surface area contributed by atoms with Crippen molar-refractivity contribution in [1.29, 1.82) is 0 Å².